The second kappa shape index (κ2) is 3.57. The summed E-state index contributed by atoms with van der Waals surface area (Å²) in [5.74, 6) is -3.01. The van der Waals surface area contributed by atoms with E-state index in [1.165, 1.54) is 6.92 Å². The van der Waals surface area contributed by atoms with Crippen LogP contribution >= 0.6 is 0 Å². The Morgan fingerprint density at radius 1 is 1.54 bits per heavy atom. The van der Waals surface area contributed by atoms with Crippen molar-refractivity contribution in [3.8, 4) is 0 Å². The highest BCUT2D eigenvalue weighted by Crippen LogP contribution is 2.32. The number of carbonyl (C=O) groups is 1. The van der Waals surface area contributed by atoms with E-state index in [1.807, 2.05) is 0 Å². The summed E-state index contributed by atoms with van der Waals surface area (Å²) < 4.78 is 25.8. The molecule has 1 fully saturated rings. The number of alkyl halides is 2. The van der Waals surface area contributed by atoms with Gasteiger partial charge in [-0.1, -0.05) is 0 Å². The highest BCUT2D eigenvalue weighted by Gasteiger charge is 2.40. The lowest BCUT2D eigenvalue weighted by atomic mass is 9.88. The molecule has 0 aromatic rings. The Morgan fingerprint density at radius 3 is 2.62 bits per heavy atom. The number of nitrogens with one attached hydrogen (secondary N) is 1. The van der Waals surface area contributed by atoms with Crippen molar-refractivity contribution in [3.63, 3.8) is 0 Å². The predicted molar refractivity (Wildman–Crippen MR) is 44.4 cm³/mol. The molecular weight excluding hydrogens is 178 g/mol. The number of nitrogens with two attached hydrogens (primary N) is 1. The second-order valence-corrected chi connectivity index (χ2v) is 3.66. The van der Waals surface area contributed by atoms with Gasteiger partial charge >= 0.3 is 0 Å². The number of halogens is 2. The molecule has 0 bridgehead atoms. The van der Waals surface area contributed by atoms with Crippen LogP contribution in [-0.4, -0.2) is 23.9 Å². The fourth-order valence-electron chi connectivity index (χ4n) is 1.76. The quantitative estimate of drug-likeness (QED) is 0.640. The van der Waals surface area contributed by atoms with E-state index in [0.29, 0.717) is 6.42 Å². The largest absolute Gasteiger partial charge is 0.353 e. The third-order valence-corrected chi connectivity index (χ3v) is 2.10. The van der Waals surface area contributed by atoms with Gasteiger partial charge in [-0.3, -0.25) is 4.79 Å². The Hall–Kier alpha value is -0.710. The second-order valence-electron chi connectivity index (χ2n) is 3.66. The van der Waals surface area contributed by atoms with Crippen molar-refractivity contribution in [2.24, 2.45) is 5.73 Å². The molecule has 0 unspecified atom stereocenters. The van der Waals surface area contributed by atoms with Crippen molar-refractivity contribution in [2.45, 2.75) is 44.2 Å². The first-order chi connectivity index (χ1) is 5.89. The number of hydrogen-bond acceptors (Lipinski definition) is 2. The molecule has 1 amide bonds. The van der Waals surface area contributed by atoms with Gasteiger partial charge in [0.1, 0.15) is 0 Å². The van der Waals surface area contributed by atoms with Crippen molar-refractivity contribution >= 4 is 5.91 Å². The van der Waals surface area contributed by atoms with Crippen molar-refractivity contribution in [1.29, 1.82) is 0 Å². The molecule has 5 heteroatoms. The van der Waals surface area contributed by atoms with Gasteiger partial charge in [-0.15, -0.1) is 0 Å². The molecule has 1 rings (SSSR count). The lowest BCUT2D eigenvalue weighted by molar-refractivity contribution is -0.121. The molecule has 0 aromatic carbocycles. The van der Waals surface area contributed by atoms with Crippen molar-refractivity contribution < 1.29 is 13.6 Å². The van der Waals surface area contributed by atoms with E-state index >= 15 is 0 Å². The SMILES string of the molecule is CC(=O)N[C@@H]1C[C@H](N)CC(F)(F)C1. The Bertz CT molecular complexity index is 208. The van der Waals surface area contributed by atoms with Crippen LogP contribution < -0.4 is 11.1 Å². The molecule has 0 aliphatic heterocycles. The van der Waals surface area contributed by atoms with Crippen molar-refractivity contribution in [1.82, 2.24) is 5.32 Å². The summed E-state index contributed by atoms with van der Waals surface area (Å²) >= 11 is 0. The molecule has 3 N–H and O–H groups in total. The zero-order chi connectivity index (χ0) is 10.1. The molecule has 3 nitrogen and oxygen atoms in total. The van der Waals surface area contributed by atoms with E-state index in [2.05, 4.69) is 5.32 Å². The van der Waals surface area contributed by atoms with Gasteiger partial charge in [0.2, 0.25) is 5.91 Å². The maximum atomic E-state index is 12.9. The molecule has 0 radical (unpaired) electrons. The molecule has 0 spiro atoms. The van der Waals surface area contributed by atoms with Gasteiger partial charge in [0, 0.05) is 31.8 Å². The molecule has 1 aliphatic rings. The van der Waals surface area contributed by atoms with Crippen LogP contribution in [0.25, 0.3) is 0 Å². The summed E-state index contributed by atoms with van der Waals surface area (Å²) in [5, 5.41) is 2.47. The summed E-state index contributed by atoms with van der Waals surface area (Å²) in [6.45, 7) is 1.32. The number of amides is 1. The van der Waals surface area contributed by atoms with E-state index in [-0.39, 0.29) is 18.7 Å². The average Bonchev–Trinajstić information content (AvgIpc) is 1.78. The van der Waals surface area contributed by atoms with Gasteiger partial charge in [-0.25, -0.2) is 8.78 Å². The lowest BCUT2D eigenvalue weighted by Crippen LogP contribution is -2.48. The standard InChI is InChI=1S/C8H14F2N2O/c1-5(13)12-7-2-6(11)3-8(9,10)4-7/h6-7H,2-4,11H2,1H3,(H,12,13)/t6-,7+/m0/s1. The minimum atomic E-state index is -2.73. The van der Waals surface area contributed by atoms with E-state index in [9.17, 15) is 13.6 Å². The van der Waals surface area contributed by atoms with Crippen LogP contribution in [0.5, 0.6) is 0 Å². The predicted octanol–water partition coefficient (Wildman–Crippen LogP) is 0.638. The van der Waals surface area contributed by atoms with Gasteiger partial charge in [-0.05, 0) is 6.42 Å². The fraction of sp³-hybridized carbons (Fsp3) is 0.875. The van der Waals surface area contributed by atoms with Gasteiger partial charge in [0.25, 0.3) is 5.92 Å². The monoisotopic (exact) mass is 192 g/mol. The summed E-state index contributed by atoms with van der Waals surface area (Å²) in [5.41, 5.74) is 5.45. The van der Waals surface area contributed by atoms with E-state index in [0.717, 1.165) is 0 Å². The minimum Gasteiger partial charge on any atom is -0.353 e. The first-order valence-electron chi connectivity index (χ1n) is 4.29. The number of hydrogen-bond donors (Lipinski definition) is 2. The highest BCUT2D eigenvalue weighted by atomic mass is 19.3. The number of carbonyl (C=O) groups excluding carboxylic acids is 1. The third kappa shape index (κ3) is 3.26. The van der Waals surface area contributed by atoms with Gasteiger partial charge in [0.15, 0.2) is 0 Å². The van der Waals surface area contributed by atoms with Gasteiger partial charge in [-0.2, -0.15) is 0 Å². The van der Waals surface area contributed by atoms with Crippen LogP contribution in [0.4, 0.5) is 8.78 Å². The summed E-state index contributed by atoms with van der Waals surface area (Å²) in [4.78, 5) is 10.6. The Labute approximate surface area is 75.7 Å². The molecule has 2 atom stereocenters. The lowest BCUT2D eigenvalue weighted by Gasteiger charge is -2.33. The Morgan fingerprint density at radius 2 is 2.15 bits per heavy atom. The normalized spacial score (nSPS) is 32.6. The first-order valence-corrected chi connectivity index (χ1v) is 4.29. The molecule has 1 aliphatic carbocycles. The summed E-state index contributed by atoms with van der Waals surface area (Å²) in [6.07, 6.45) is -0.126. The van der Waals surface area contributed by atoms with Crippen LogP contribution in [0.15, 0.2) is 0 Å². The molecular formula is C8H14F2N2O. The van der Waals surface area contributed by atoms with E-state index in [1.54, 1.807) is 0 Å². The van der Waals surface area contributed by atoms with Crippen LogP contribution in [0.2, 0.25) is 0 Å². The van der Waals surface area contributed by atoms with Crippen LogP contribution in [0.3, 0.4) is 0 Å². The van der Waals surface area contributed by atoms with Crippen LogP contribution in [0, 0.1) is 0 Å². The molecule has 1 saturated carbocycles. The maximum absolute atomic E-state index is 12.9. The van der Waals surface area contributed by atoms with Gasteiger partial charge in [0.05, 0.1) is 0 Å². The molecule has 0 aromatic heterocycles. The van der Waals surface area contributed by atoms with E-state index < -0.39 is 18.0 Å². The first kappa shape index (κ1) is 10.4. The third-order valence-electron chi connectivity index (χ3n) is 2.10. The topological polar surface area (TPSA) is 55.1 Å². The Kier molecular flexibility index (Phi) is 2.85. The van der Waals surface area contributed by atoms with Gasteiger partial charge < -0.3 is 11.1 Å². The maximum Gasteiger partial charge on any atom is 0.251 e. The van der Waals surface area contributed by atoms with Crippen LogP contribution in [-0.2, 0) is 4.79 Å². The highest BCUT2D eigenvalue weighted by molar-refractivity contribution is 5.73. The molecule has 0 heterocycles. The molecule has 0 saturated heterocycles. The van der Waals surface area contributed by atoms with Crippen LogP contribution in [0.1, 0.15) is 26.2 Å². The van der Waals surface area contributed by atoms with Crippen molar-refractivity contribution in [3.05, 3.63) is 0 Å². The van der Waals surface area contributed by atoms with E-state index in [4.69, 9.17) is 5.73 Å². The smallest absolute Gasteiger partial charge is 0.251 e. The zero-order valence-electron chi connectivity index (χ0n) is 7.52. The Balaban J connectivity index is 2.52. The zero-order valence-corrected chi connectivity index (χ0v) is 7.52. The number of rotatable bonds is 1. The molecule has 76 valence electrons. The van der Waals surface area contributed by atoms with Crippen molar-refractivity contribution in [2.75, 3.05) is 0 Å². The minimum absolute atomic E-state index is 0.275. The fourth-order valence-corrected chi connectivity index (χ4v) is 1.76. The summed E-state index contributed by atoms with van der Waals surface area (Å²) in [6, 6.07) is -0.989. The average molecular weight is 192 g/mol. The summed E-state index contributed by atoms with van der Waals surface area (Å²) in [7, 11) is 0. The molecule has 13 heavy (non-hydrogen) atoms.